The van der Waals surface area contributed by atoms with E-state index in [4.69, 9.17) is 0 Å². The topological polar surface area (TPSA) is 42.0 Å². The second-order valence-electron chi connectivity index (χ2n) is 5.70. The van der Waals surface area contributed by atoms with Gasteiger partial charge in [0.25, 0.3) is 0 Å². The van der Waals surface area contributed by atoms with Crippen molar-refractivity contribution >= 4 is 41.2 Å². The van der Waals surface area contributed by atoms with Crippen LogP contribution >= 0.6 is 30.1 Å². The number of aromatic nitrogens is 1. The molecule has 1 N–H and O–H groups in total. The minimum Gasteiger partial charge on any atom is -0.303 e. The molecule has 0 fully saturated rings. The van der Waals surface area contributed by atoms with Gasteiger partial charge in [-0.2, -0.15) is 13.2 Å². The van der Waals surface area contributed by atoms with Crippen LogP contribution in [0.5, 0.6) is 0 Å². The van der Waals surface area contributed by atoms with Crippen LogP contribution in [0.3, 0.4) is 0 Å². The number of carbonyl (C=O) groups is 1. The molecule has 25 heavy (non-hydrogen) atoms. The number of quaternary nitrogens is 1. The van der Waals surface area contributed by atoms with Gasteiger partial charge in [-0.05, 0) is 18.2 Å². The summed E-state index contributed by atoms with van der Waals surface area (Å²) >= 11 is 1.14. The molecule has 1 amide bonds. The summed E-state index contributed by atoms with van der Waals surface area (Å²) in [6.07, 6.45) is -4.67. The highest BCUT2D eigenvalue weighted by Crippen LogP contribution is 2.38. The van der Waals surface area contributed by atoms with Crippen LogP contribution in [-0.4, -0.2) is 22.0 Å². The predicted octanol–water partition coefficient (Wildman–Crippen LogP) is 4.45. The van der Waals surface area contributed by atoms with Gasteiger partial charge in [0, 0.05) is 12.5 Å². The molecule has 1 aromatic carbocycles. The van der Waals surface area contributed by atoms with Gasteiger partial charge in [0.2, 0.25) is 5.91 Å². The molecule has 136 valence electrons. The molecule has 0 aliphatic carbocycles. The number of amides is 1. The average molecular weight is 412 g/mol. The molecule has 0 spiro atoms. The van der Waals surface area contributed by atoms with E-state index in [9.17, 15) is 22.4 Å². The Labute approximate surface area is 150 Å². The number of hydrogen-bond acceptors (Lipinski definition) is 3. The Hall–Kier alpha value is -1.14. The Balaban J connectivity index is 2.58. The van der Waals surface area contributed by atoms with Crippen molar-refractivity contribution in [2.24, 2.45) is 0 Å². The number of alkyl halides is 3. The summed E-state index contributed by atoms with van der Waals surface area (Å²) < 4.78 is 52.9. The van der Waals surface area contributed by atoms with Crippen molar-refractivity contribution < 1.29 is 26.4 Å². The van der Waals surface area contributed by atoms with Gasteiger partial charge in [0.05, 0.1) is 42.0 Å². The van der Waals surface area contributed by atoms with E-state index in [1.54, 1.807) is 0 Å². The van der Waals surface area contributed by atoms with E-state index >= 15 is 0 Å². The van der Waals surface area contributed by atoms with Crippen LogP contribution in [0.2, 0.25) is 0 Å². The number of rotatable bonds is 4. The van der Waals surface area contributed by atoms with Crippen LogP contribution in [0.4, 0.5) is 22.7 Å². The summed E-state index contributed by atoms with van der Waals surface area (Å²) in [5, 5.41) is 2.76. The van der Waals surface area contributed by atoms with Crippen molar-refractivity contribution in [2.45, 2.75) is 19.6 Å². The van der Waals surface area contributed by atoms with Gasteiger partial charge in [-0.15, -0.1) is 0 Å². The third-order valence-electron chi connectivity index (χ3n) is 2.96. The quantitative estimate of drug-likeness (QED) is 0.596. The number of nitrogens with one attached hydrogen (secondary N) is 1. The average Bonchev–Trinajstić information content (AvgIpc) is 2.76. The van der Waals surface area contributed by atoms with Crippen LogP contribution in [0, 0.1) is 5.82 Å². The SMILES string of the molecule is CC(=O)Nc1nc(-c2cc(F)cc(C(F)(F)F)c2)c(C[N+](C)(P)P)s1. The number of carbonyl (C=O) groups excluding carboxylic acids is 1. The van der Waals surface area contributed by atoms with E-state index in [-0.39, 0.29) is 22.3 Å². The zero-order chi connectivity index (χ0) is 19.0. The third-order valence-corrected chi connectivity index (χ3v) is 4.28. The van der Waals surface area contributed by atoms with Crippen molar-refractivity contribution in [3.05, 3.63) is 34.5 Å². The highest BCUT2D eigenvalue weighted by molar-refractivity contribution is 7.23. The Kier molecular flexibility index (Phi) is 5.84. The van der Waals surface area contributed by atoms with E-state index < -0.39 is 17.6 Å². The second kappa shape index (κ2) is 7.23. The number of nitrogens with zero attached hydrogens (tertiary/aromatic N) is 2. The minimum atomic E-state index is -4.67. The maximum atomic E-state index is 13.7. The lowest BCUT2D eigenvalue weighted by Gasteiger charge is -2.22. The molecular weight excluding hydrogens is 396 g/mol. The normalized spacial score (nSPS) is 12.3. The van der Waals surface area contributed by atoms with Crippen LogP contribution in [0.1, 0.15) is 17.4 Å². The largest absolute Gasteiger partial charge is 0.416 e. The standard InChI is InChI=1S/C14H15F4N3OP2S/c1-7(22)19-13-20-12(11(25-13)6-21(2,23)24)8-3-9(14(16,17)18)5-10(15)4-8/h3-5H,6,23-24H2,1-2H3/p+1. The van der Waals surface area contributed by atoms with Gasteiger partial charge in [0.1, 0.15) is 12.4 Å². The van der Waals surface area contributed by atoms with Gasteiger partial charge in [0.15, 0.2) is 5.13 Å². The molecule has 0 bridgehead atoms. The number of halogens is 4. The fraction of sp³-hybridized carbons (Fsp3) is 0.286. The molecule has 4 nitrogen and oxygen atoms in total. The number of hydrogen-bond donors (Lipinski definition) is 1. The summed E-state index contributed by atoms with van der Waals surface area (Å²) in [7, 11) is 6.92. The molecule has 1 heterocycles. The molecule has 0 aliphatic rings. The zero-order valence-electron chi connectivity index (χ0n) is 13.3. The molecule has 2 atom stereocenters. The molecular formula is C14H16F4N3OP2S+. The highest BCUT2D eigenvalue weighted by atomic mass is 32.1. The summed E-state index contributed by atoms with van der Waals surface area (Å²) in [6, 6.07) is 2.30. The number of anilines is 1. The Morgan fingerprint density at radius 1 is 1.32 bits per heavy atom. The molecule has 11 heteroatoms. The molecule has 0 saturated carbocycles. The van der Waals surface area contributed by atoms with Crippen molar-refractivity contribution in [1.82, 2.24) is 4.98 Å². The van der Waals surface area contributed by atoms with E-state index in [1.807, 2.05) is 7.05 Å². The Morgan fingerprint density at radius 2 is 1.96 bits per heavy atom. The van der Waals surface area contributed by atoms with Crippen molar-refractivity contribution in [3.8, 4) is 11.3 Å². The van der Waals surface area contributed by atoms with E-state index in [2.05, 4.69) is 29.1 Å². The summed E-state index contributed by atoms with van der Waals surface area (Å²) in [5.74, 6) is -1.35. The first kappa shape index (κ1) is 20.2. The Morgan fingerprint density at radius 3 is 2.48 bits per heavy atom. The number of thiazole rings is 1. The Bertz CT molecular complexity index is 802. The lowest BCUT2D eigenvalue weighted by molar-refractivity contribution is -0.645. The second-order valence-corrected chi connectivity index (χ2v) is 9.74. The first-order chi connectivity index (χ1) is 11.3. The summed E-state index contributed by atoms with van der Waals surface area (Å²) in [6.45, 7) is 1.69. The van der Waals surface area contributed by atoms with Crippen LogP contribution in [0.15, 0.2) is 18.2 Å². The smallest absolute Gasteiger partial charge is 0.303 e. The molecule has 0 radical (unpaired) electrons. The van der Waals surface area contributed by atoms with E-state index in [0.29, 0.717) is 21.5 Å². The fourth-order valence-electron chi connectivity index (χ4n) is 2.09. The maximum Gasteiger partial charge on any atom is 0.416 e. The molecule has 0 saturated heterocycles. The molecule has 2 aromatic rings. The zero-order valence-corrected chi connectivity index (χ0v) is 16.4. The van der Waals surface area contributed by atoms with Gasteiger partial charge in [-0.3, -0.25) is 4.79 Å². The summed E-state index contributed by atoms with van der Waals surface area (Å²) in [4.78, 5) is 16.0. The van der Waals surface area contributed by atoms with Crippen LogP contribution in [0.25, 0.3) is 11.3 Å². The highest BCUT2D eigenvalue weighted by Gasteiger charge is 2.32. The summed E-state index contributed by atoms with van der Waals surface area (Å²) in [5.41, 5.74) is -0.858. The van der Waals surface area contributed by atoms with Crippen molar-refractivity contribution in [3.63, 3.8) is 0 Å². The van der Waals surface area contributed by atoms with Crippen molar-refractivity contribution in [1.29, 1.82) is 0 Å². The first-order valence-corrected chi connectivity index (χ1v) is 8.78. The van der Waals surface area contributed by atoms with Gasteiger partial charge < -0.3 is 9.34 Å². The van der Waals surface area contributed by atoms with Crippen LogP contribution < -0.4 is 5.32 Å². The first-order valence-electron chi connectivity index (χ1n) is 6.93. The lowest BCUT2D eigenvalue weighted by atomic mass is 10.1. The van der Waals surface area contributed by atoms with E-state index in [1.165, 1.54) is 6.92 Å². The fourth-order valence-corrected chi connectivity index (χ4v) is 3.89. The molecule has 2 unspecified atom stereocenters. The number of benzene rings is 1. The molecule has 1 aromatic heterocycles. The van der Waals surface area contributed by atoms with E-state index in [0.717, 1.165) is 23.5 Å². The maximum absolute atomic E-state index is 13.7. The third kappa shape index (κ3) is 5.68. The van der Waals surface area contributed by atoms with Crippen LogP contribution in [-0.2, 0) is 17.5 Å². The molecule has 2 rings (SSSR count). The lowest BCUT2D eigenvalue weighted by Crippen LogP contribution is -2.17. The molecule has 0 aliphatic heterocycles. The monoisotopic (exact) mass is 412 g/mol. The van der Waals surface area contributed by atoms with Crippen molar-refractivity contribution in [2.75, 3.05) is 12.4 Å². The van der Waals surface area contributed by atoms with Gasteiger partial charge in [-0.1, -0.05) is 11.3 Å². The predicted molar refractivity (Wildman–Crippen MR) is 96.1 cm³/mol. The van der Waals surface area contributed by atoms with Gasteiger partial charge >= 0.3 is 6.18 Å². The minimum absolute atomic E-state index is 0.0126. The van der Waals surface area contributed by atoms with Gasteiger partial charge in [-0.25, -0.2) is 9.37 Å².